The number of nitrogens with zero attached hydrogens (tertiary/aromatic N) is 2. The first-order valence-corrected chi connectivity index (χ1v) is 8.49. The third-order valence-corrected chi connectivity index (χ3v) is 4.66. The smallest absolute Gasteiger partial charge is 0.350 e. The third-order valence-electron chi connectivity index (χ3n) is 3.81. The maximum absolute atomic E-state index is 5.99. The highest BCUT2D eigenvalue weighted by Crippen LogP contribution is 2.23. The van der Waals surface area contributed by atoms with E-state index < -0.39 is 0 Å². The molecule has 0 aliphatic heterocycles. The summed E-state index contributed by atoms with van der Waals surface area (Å²) in [6.07, 6.45) is 0. The van der Waals surface area contributed by atoms with Crippen LogP contribution >= 0.6 is 11.5 Å². The largest absolute Gasteiger partial charge is 0.351 e. The van der Waals surface area contributed by atoms with Crippen molar-refractivity contribution in [3.05, 3.63) is 84.9 Å². The highest BCUT2D eigenvalue weighted by atomic mass is 32.1. The number of benzene rings is 3. The summed E-state index contributed by atoms with van der Waals surface area (Å²) in [6, 6.07) is 28.9. The topological polar surface area (TPSA) is 42.8 Å². The number of hydrogen-bond donors (Lipinski definition) is 1. The first kappa shape index (κ1) is 14.6. The zero-order valence-electron chi connectivity index (χ0n) is 13.0. The third kappa shape index (κ3) is 2.79. The first-order valence-electron chi connectivity index (χ1n) is 7.71. The second-order valence-electron chi connectivity index (χ2n) is 5.44. The van der Waals surface area contributed by atoms with Gasteiger partial charge in [0.05, 0.1) is 5.56 Å². The molecule has 0 fully saturated rings. The molecule has 116 valence electrons. The Morgan fingerprint density at radius 3 is 2.04 bits per heavy atom. The van der Waals surface area contributed by atoms with Gasteiger partial charge in [-0.15, -0.1) is 3.96 Å². The number of nitrogens with two attached hydrogens (primary N) is 1. The zero-order valence-corrected chi connectivity index (χ0v) is 13.8. The monoisotopic (exact) mass is 330 g/mol. The van der Waals surface area contributed by atoms with Gasteiger partial charge >= 0.3 is 11.0 Å². The molecule has 4 aromatic rings. The fraction of sp³-hybridized carbons (Fsp3) is 0. The Kier molecular flexibility index (Phi) is 3.81. The Balaban J connectivity index is 1.83. The summed E-state index contributed by atoms with van der Waals surface area (Å²) >= 11 is 1.45. The van der Waals surface area contributed by atoms with Crippen LogP contribution in [0.2, 0.25) is 0 Å². The minimum atomic E-state index is 0.555. The molecule has 0 saturated carbocycles. The Morgan fingerprint density at radius 1 is 0.708 bits per heavy atom. The molecule has 0 saturated heterocycles. The molecule has 0 atom stereocenters. The zero-order chi connectivity index (χ0) is 16.4. The van der Waals surface area contributed by atoms with Crippen molar-refractivity contribution in [1.82, 2.24) is 4.98 Å². The Labute approximate surface area is 144 Å². The van der Waals surface area contributed by atoms with Gasteiger partial charge in [0.2, 0.25) is 0 Å². The van der Waals surface area contributed by atoms with Gasteiger partial charge < -0.3 is 5.73 Å². The van der Waals surface area contributed by atoms with Crippen LogP contribution in [0.25, 0.3) is 28.2 Å². The van der Waals surface area contributed by atoms with E-state index in [1.807, 2.05) is 36.4 Å². The number of rotatable bonds is 3. The SMILES string of the molecule is Nc1nc(-c2ccccc2)[n+](-c2cccc(-c3ccccc3)c2)s1. The van der Waals surface area contributed by atoms with Crippen molar-refractivity contribution < 1.29 is 3.96 Å². The van der Waals surface area contributed by atoms with Crippen LogP contribution in [-0.2, 0) is 0 Å². The van der Waals surface area contributed by atoms with E-state index >= 15 is 0 Å². The average Bonchev–Trinajstić information content (AvgIpc) is 3.05. The van der Waals surface area contributed by atoms with E-state index in [0.29, 0.717) is 5.13 Å². The van der Waals surface area contributed by atoms with Gasteiger partial charge in [0.25, 0.3) is 0 Å². The Hall–Kier alpha value is -2.98. The molecule has 4 rings (SSSR count). The van der Waals surface area contributed by atoms with Gasteiger partial charge in [0.15, 0.2) is 0 Å². The van der Waals surface area contributed by atoms with Crippen LogP contribution in [0.1, 0.15) is 0 Å². The molecule has 2 N–H and O–H groups in total. The Morgan fingerprint density at radius 2 is 1.33 bits per heavy atom. The van der Waals surface area contributed by atoms with Crippen molar-refractivity contribution in [2.24, 2.45) is 0 Å². The normalized spacial score (nSPS) is 10.7. The minimum absolute atomic E-state index is 0.555. The van der Waals surface area contributed by atoms with Gasteiger partial charge in [-0.2, -0.15) is 0 Å². The lowest BCUT2D eigenvalue weighted by molar-refractivity contribution is -0.509. The van der Waals surface area contributed by atoms with Gasteiger partial charge in [-0.3, -0.25) is 0 Å². The van der Waals surface area contributed by atoms with Crippen LogP contribution in [0.5, 0.6) is 0 Å². The van der Waals surface area contributed by atoms with Crippen LogP contribution in [0.3, 0.4) is 0 Å². The maximum Gasteiger partial charge on any atom is 0.350 e. The van der Waals surface area contributed by atoms with Crippen LogP contribution < -0.4 is 9.69 Å². The number of anilines is 1. The van der Waals surface area contributed by atoms with E-state index in [9.17, 15) is 0 Å². The molecule has 0 aliphatic rings. The molecule has 0 aliphatic carbocycles. The van der Waals surface area contributed by atoms with Crippen LogP contribution in [0.4, 0.5) is 5.13 Å². The fourth-order valence-corrected chi connectivity index (χ4v) is 3.46. The van der Waals surface area contributed by atoms with E-state index in [1.165, 1.54) is 22.7 Å². The van der Waals surface area contributed by atoms with Gasteiger partial charge in [0, 0.05) is 0 Å². The molecule has 4 heteroatoms. The van der Waals surface area contributed by atoms with Crippen molar-refractivity contribution >= 4 is 16.7 Å². The van der Waals surface area contributed by atoms with Gasteiger partial charge in [-0.05, 0) is 40.4 Å². The number of aromatic nitrogens is 2. The van der Waals surface area contributed by atoms with E-state index in [-0.39, 0.29) is 0 Å². The van der Waals surface area contributed by atoms with E-state index in [4.69, 9.17) is 5.73 Å². The molecule has 3 nitrogen and oxygen atoms in total. The van der Waals surface area contributed by atoms with E-state index in [1.54, 1.807) is 0 Å². The summed E-state index contributed by atoms with van der Waals surface area (Å²) in [5.41, 5.74) is 10.5. The Bertz CT molecular complexity index is 963. The van der Waals surface area contributed by atoms with Gasteiger partial charge in [-0.25, -0.2) is 0 Å². The quantitative estimate of drug-likeness (QED) is 0.568. The lowest BCUT2D eigenvalue weighted by atomic mass is 10.1. The summed E-state index contributed by atoms with van der Waals surface area (Å²) in [5.74, 6) is 0.864. The average molecular weight is 330 g/mol. The molecule has 0 bridgehead atoms. The summed E-state index contributed by atoms with van der Waals surface area (Å²) in [6.45, 7) is 0. The van der Waals surface area contributed by atoms with Crippen molar-refractivity contribution in [3.8, 4) is 28.2 Å². The second kappa shape index (κ2) is 6.26. The molecule has 0 amide bonds. The predicted molar refractivity (Wildman–Crippen MR) is 98.9 cm³/mol. The lowest BCUT2D eigenvalue weighted by Crippen LogP contribution is -2.28. The predicted octanol–water partition coefficient (Wildman–Crippen LogP) is 4.34. The minimum Gasteiger partial charge on any atom is -0.351 e. The molecule has 24 heavy (non-hydrogen) atoms. The lowest BCUT2D eigenvalue weighted by Gasteiger charge is -2.03. The van der Waals surface area contributed by atoms with Crippen molar-refractivity contribution in [3.63, 3.8) is 0 Å². The summed E-state index contributed by atoms with van der Waals surface area (Å²) in [5, 5.41) is 0.555. The molecular weight excluding hydrogens is 314 g/mol. The van der Waals surface area contributed by atoms with Crippen LogP contribution in [0.15, 0.2) is 84.9 Å². The fourth-order valence-electron chi connectivity index (χ4n) is 2.69. The highest BCUT2D eigenvalue weighted by molar-refractivity contribution is 7.05. The van der Waals surface area contributed by atoms with E-state index in [2.05, 4.69) is 57.5 Å². The van der Waals surface area contributed by atoms with Gasteiger partial charge in [-0.1, -0.05) is 60.7 Å². The standard InChI is InChI=1S/C20H15N3S/c21-20-22-19(16-10-5-2-6-11-16)23(24-20)18-13-7-12-17(14-18)15-8-3-1-4-9-15/h1-14,21H/p+1. The van der Waals surface area contributed by atoms with E-state index in [0.717, 1.165) is 17.1 Å². The summed E-state index contributed by atoms with van der Waals surface area (Å²) in [7, 11) is 0. The van der Waals surface area contributed by atoms with Crippen LogP contribution in [-0.4, -0.2) is 4.98 Å². The maximum atomic E-state index is 5.99. The van der Waals surface area contributed by atoms with Crippen molar-refractivity contribution in [2.75, 3.05) is 5.73 Å². The molecule has 0 unspecified atom stereocenters. The number of hydrogen-bond acceptors (Lipinski definition) is 3. The molecule has 0 radical (unpaired) electrons. The molecule has 1 aromatic heterocycles. The molecule has 1 heterocycles. The van der Waals surface area contributed by atoms with Gasteiger partial charge in [0.1, 0.15) is 17.2 Å². The molecular formula is C20H16N3S+. The number of nitrogen functional groups attached to an aromatic ring is 1. The molecule has 0 spiro atoms. The van der Waals surface area contributed by atoms with Crippen molar-refractivity contribution in [1.29, 1.82) is 0 Å². The highest BCUT2D eigenvalue weighted by Gasteiger charge is 2.22. The summed E-state index contributed by atoms with van der Waals surface area (Å²) in [4.78, 5) is 4.52. The second-order valence-corrected chi connectivity index (χ2v) is 6.41. The first-order chi connectivity index (χ1) is 11.8. The molecule has 3 aromatic carbocycles. The summed E-state index contributed by atoms with van der Waals surface area (Å²) < 4.78 is 2.08. The van der Waals surface area contributed by atoms with Crippen LogP contribution in [0, 0.1) is 0 Å². The van der Waals surface area contributed by atoms with Crippen molar-refractivity contribution in [2.45, 2.75) is 0 Å².